The van der Waals surface area contributed by atoms with Gasteiger partial charge in [-0.1, -0.05) is 13.8 Å². The van der Waals surface area contributed by atoms with Gasteiger partial charge in [0.25, 0.3) is 0 Å². The molecule has 0 spiro atoms. The summed E-state index contributed by atoms with van der Waals surface area (Å²) in [7, 11) is 0. The Labute approximate surface area is 76.1 Å². The number of carbonyl (C=O) groups excluding carboxylic acids is 1. The van der Waals surface area contributed by atoms with Gasteiger partial charge in [0.1, 0.15) is 6.26 Å². The van der Waals surface area contributed by atoms with Crippen LogP contribution in [0.2, 0.25) is 0 Å². The van der Waals surface area contributed by atoms with Gasteiger partial charge < -0.3 is 14.3 Å². The minimum Gasteiger partial charge on any atom is -0.505 e. The van der Waals surface area contributed by atoms with E-state index in [1.165, 1.54) is 6.07 Å². The molecule has 4 nitrogen and oxygen atoms in total. The van der Waals surface area contributed by atoms with Crippen molar-refractivity contribution in [1.82, 2.24) is 0 Å². The summed E-state index contributed by atoms with van der Waals surface area (Å²) in [6.45, 7) is 4.22. The van der Waals surface area contributed by atoms with Gasteiger partial charge in [0, 0.05) is 6.07 Å². The second-order valence-electron chi connectivity index (χ2n) is 3.16. The van der Waals surface area contributed by atoms with Crippen LogP contribution in [0.5, 0.6) is 5.75 Å². The first kappa shape index (κ1) is 9.64. The molecule has 0 aliphatic carbocycles. The summed E-state index contributed by atoms with van der Waals surface area (Å²) < 4.78 is 9.59. The first-order chi connectivity index (χ1) is 6.09. The fraction of sp³-hybridized carbons (Fsp3) is 0.444. The summed E-state index contributed by atoms with van der Waals surface area (Å²) in [5.41, 5.74) is 0. The van der Waals surface area contributed by atoms with Gasteiger partial charge in [-0.2, -0.15) is 0 Å². The maximum Gasteiger partial charge on any atom is 0.374 e. The van der Waals surface area contributed by atoms with Crippen molar-refractivity contribution in [3.63, 3.8) is 0 Å². The number of furan rings is 1. The molecule has 0 saturated heterocycles. The van der Waals surface area contributed by atoms with Crippen LogP contribution >= 0.6 is 0 Å². The molecule has 0 amide bonds. The predicted octanol–water partition coefficient (Wildman–Crippen LogP) is 1.80. The highest BCUT2D eigenvalue weighted by Crippen LogP contribution is 2.14. The number of rotatable bonds is 3. The molecule has 0 aliphatic rings. The predicted molar refractivity (Wildman–Crippen MR) is 45.5 cm³/mol. The highest BCUT2D eigenvalue weighted by atomic mass is 16.5. The Morgan fingerprint density at radius 1 is 1.69 bits per heavy atom. The van der Waals surface area contributed by atoms with E-state index in [0.29, 0.717) is 6.61 Å². The molecule has 1 aromatic rings. The topological polar surface area (TPSA) is 59.7 Å². The van der Waals surface area contributed by atoms with Crippen molar-refractivity contribution >= 4 is 5.97 Å². The van der Waals surface area contributed by atoms with Gasteiger partial charge in [0.05, 0.1) is 6.61 Å². The van der Waals surface area contributed by atoms with E-state index in [1.807, 2.05) is 13.8 Å². The molecular formula is C9H12O4. The molecule has 0 aromatic carbocycles. The van der Waals surface area contributed by atoms with E-state index in [0.717, 1.165) is 6.26 Å². The zero-order valence-electron chi connectivity index (χ0n) is 7.61. The van der Waals surface area contributed by atoms with Crippen molar-refractivity contribution < 1.29 is 19.1 Å². The molecule has 0 aliphatic heterocycles. The Bertz CT molecular complexity index is 288. The summed E-state index contributed by atoms with van der Waals surface area (Å²) >= 11 is 0. The molecule has 1 aromatic heterocycles. The van der Waals surface area contributed by atoms with Gasteiger partial charge in [0.2, 0.25) is 5.76 Å². The second-order valence-corrected chi connectivity index (χ2v) is 3.16. The summed E-state index contributed by atoms with van der Waals surface area (Å²) in [5, 5.41) is 8.88. The highest BCUT2D eigenvalue weighted by molar-refractivity contribution is 5.86. The van der Waals surface area contributed by atoms with Crippen LogP contribution in [0, 0.1) is 5.92 Å². The van der Waals surface area contributed by atoms with Gasteiger partial charge in [-0.05, 0) is 5.92 Å². The average Bonchev–Trinajstić information content (AvgIpc) is 2.47. The van der Waals surface area contributed by atoms with Crippen LogP contribution in [0.15, 0.2) is 16.7 Å². The lowest BCUT2D eigenvalue weighted by Gasteiger charge is -2.04. The van der Waals surface area contributed by atoms with Crippen LogP contribution in [0.25, 0.3) is 0 Å². The lowest BCUT2D eigenvalue weighted by atomic mass is 10.2. The molecule has 0 atom stereocenters. The van der Waals surface area contributed by atoms with Gasteiger partial charge in [-0.25, -0.2) is 4.79 Å². The van der Waals surface area contributed by atoms with Crippen LogP contribution in [0.3, 0.4) is 0 Å². The Morgan fingerprint density at radius 3 is 2.85 bits per heavy atom. The van der Waals surface area contributed by atoms with Gasteiger partial charge in [-0.15, -0.1) is 0 Å². The molecule has 0 saturated carbocycles. The average molecular weight is 184 g/mol. The third-order valence-electron chi connectivity index (χ3n) is 1.33. The van der Waals surface area contributed by atoms with Gasteiger partial charge in [0.15, 0.2) is 5.75 Å². The van der Waals surface area contributed by atoms with Crippen LogP contribution in [-0.4, -0.2) is 17.7 Å². The number of esters is 1. The smallest absolute Gasteiger partial charge is 0.374 e. The van der Waals surface area contributed by atoms with Gasteiger partial charge in [-0.3, -0.25) is 0 Å². The molecular weight excluding hydrogens is 172 g/mol. The fourth-order valence-electron chi connectivity index (χ4n) is 0.747. The normalized spacial score (nSPS) is 10.4. The zero-order chi connectivity index (χ0) is 9.84. The van der Waals surface area contributed by atoms with E-state index in [9.17, 15) is 4.79 Å². The number of ether oxygens (including phenoxy) is 1. The van der Waals surface area contributed by atoms with E-state index in [1.54, 1.807) is 0 Å². The lowest BCUT2D eigenvalue weighted by Crippen LogP contribution is -2.09. The summed E-state index contributed by atoms with van der Waals surface area (Å²) in [6, 6.07) is 1.22. The molecule has 1 heterocycles. The van der Waals surface area contributed by atoms with Crippen molar-refractivity contribution in [3.05, 3.63) is 18.1 Å². The maximum absolute atomic E-state index is 11.1. The standard InChI is InChI=1S/C9H12O4/c1-6(2)4-13-9(11)8-3-7(10)5-12-8/h3,5-6,10H,4H2,1-2H3. The molecule has 1 rings (SSSR count). The Kier molecular flexibility index (Phi) is 2.95. The fourth-order valence-corrected chi connectivity index (χ4v) is 0.747. The van der Waals surface area contributed by atoms with E-state index in [-0.39, 0.29) is 17.4 Å². The third kappa shape index (κ3) is 2.82. The molecule has 4 heteroatoms. The number of aromatic hydroxyl groups is 1. The quantitative estimate of drug-likeness (QED) is 0.727. The third-order valence-corrected chi connectivity index (χ3v) is 1.33. The molecule has 0 radical (unpaired) electrons. The first-order valence-electron chi connectivity index (χ1n) is 4.04. The van der Waals surface area contributed by atoms with Crippen molar-refractivity contribution in [2.24, 2.45) is 5.92 Å². The zero-order valence-corrected chi connectivity index (χ0v) is 7.61. The van der Waals surface area contributed by atoms with Crippen molar-refractivity contribution in [2.75, 3.05) is 6.61 Å². The van der Waals surface area contributed by atoms with Crippen LogP contribution in [-0.2, 0) is 4.74 Å². The van der Waals surface area contributed by atoms with Crippen molar-refractivity contribution in [3.8, 4) is 5.75 Å². The summed E-state index contributed by atoms with van der Waals surface area (Å²) in [5.74, 6) is -0.309. The first-order valence-corrected chi connectivity index (χ1v) is 4.04. The molecule has 0 bridgehead atoms. The lowest BCUT2D eigenvalue weighted by molar-refractivity contribution is 0.0423. The van der Waals surface area contributed by atoms with E-state index >= 15 is 0 Å². The molecule has 0 fully saturated rings. The summed E-state index contributed by atoms with van der Waals surface area (Å²) in [6.07, 6.45) is 1.09. The van der Waals surface area contributed by atoms with E-state index < -0.39 is 5.97 Å². The minimum absolute atomic E-state index is 0.0261. The Hall–Kier alpha value is -1.45. The minimum atomic E-state index is -0.547. The number of hydrogen-bond acceptors (Lipinski definition) is 4. The van der Waals surface area contributed by atoms with Crippen molar-refractivity contribution in [1.29, 1.82) is 0 Å². The van der Waals surface area contributed by atoms with Crippen LogP contribution in [0.4, 0.5) is 0 Å². The highest BCUT2D eigenvalue weighted by Gasteiger charge is 2.12. The van der Waals surface area contributed by atoms with E-state index in [2.05, 4.69) is 0 Å². The molecule has 13 heavy (non-hydrogen) atoms. The largest absolute Gasteiger partial charge is 0.505 e. The molecule has 72 valence electrons. The van der Waals surface area contributed by atoms with Crippen LogP contribution < -0.4 is 0 Å². The number of hydrogen-bond donors (Lipinski definition) is 1. The van der Waals surface area contributed by atoms with Gasteiger partial charge >= 0.3 is 5.97 Å². The Balaban J connectivity index is 2.49. The monoisotopic (exact) mass is 184 g/mol. The summed E-state index contributed by atoms with van der Waals surface area (Å²) in [4.78, 5) is 11.1. The number of carbonyl (C=O) groups is 1. The Morgan fingerprint density at radius 2 is 2.38 bits per heavy atom. The molecule has 1 N–H and O–H groups in total. The van der Waals surface area contributed by atoms with Crippen molar-refractivity contribution in [2.45, 2.75) is 13.8 Å². The second kappa shape index (κ2) is 3.98. The SMILES string of the molecule is CC(C)COC(=O)c1cc(O)co1. The van der Waals surface area contributed by atoms with Crippen LogP contribution in [0.1, 0.15) is 24.4 Å². The molecule has 0 unspecified atom stereocenters. The maximum atomic E-state index is 11.1. The van der Waals surface area contributed by atoms with E-state index in [4.69, 9.17) is 14.3 Å².